The predicted molar refractivity (Wildman–Crippen MR) is 250 cm³/mol. The van der Waals surface area contributed by atoms with Crippen LogP contribution in [0.1, 0.15) is 225 Å². The van der Waals surface area contributed by atoms with E-state index in [4.69, 9.17) is 28.8 Å². The molecular formula is C48H91N4O9P. The van der Waals surface area contributed by atoms with Gasteiger partial charge in [0, 0.05) is 39.1 Å². The Hall–Kier alpha value is -2.31. The van der Waals surface area contributed by atoms with Crippen molar-refractivity contribution in [2.45, 2.75) is 238 Å². The fourth-order valence-corrected chi connectivity index (χ4v) is 8.35. The Balaban J connectivity index is 2.41. The fraction of sp³-hybridized carbons (Fsp3) is 0.875. The highest BCUT2D eigenvalue weighted by atomic mass is 31.2. The Bertz CT molecular complexity index is 1240. The van der Waals surface area contributed by atoms with E-state index >= 15 is 0 Å². The summed E-state index contributed by atoms with van der Waals surface area (Å²) in [4.78, 5) is 44.8. The molecular weight excluding hydrogens is 808 g/mol. The summed E-state index contributed by atoms with van der Waals surface area (Å²) in [5.41, 5.74) is 6.62. The number of H-pyrrole nitrogens is 1. The molecule has 0 radical (unpaired) electrons. The largest absolute Gasteiger partial charge is 0.474 e. The van der Waals surface area contributed by atoms with Gasteiger partial charge in [-0.05, 0) is 12.8 Å². The van der Waals surface area contributed by atoms with E-state index < -0.39 is 31.8 Å². The molecule has 0 spiro atoms. The Kier molecular flexibility index (Phi) is 38.5. The van der Waals surface area contributed by atoms with Crippen molar-refractivity contribution >= 4 is 25.7 Å². The minimum atomic E-state index is -4.10. The lowest BCUT2D eigenvalue weighted by molar-refractivity contribution is -0.161. The zero-order valence-electron chi connectivity index (χ0n) is 39.6. The normalized spacial score (nSPS) is 13.4. The third-order valence-corrected chi connectivity index (χ3v) is 12.7. The van der Waals surface area contributed by atoms with E-state index in [2.05, 4.69) is 29.1 Å². The number of carbonyl (C=O) groups is 3. The molecule has 14 heteroatoms. The van der Waals surface area contributed by atoms with Crippen LogP contribution in [0.4, 0.5) is 0 Å². The summed E-state index contributed by atoms with van der Waals surface area (Å²) in [5.74, 6) is -1.23. The van der Waals surface area contributed by atoms with Crippen molar-refractivity contribution in [3.8, 4) is 0 Å². The number of amides is 1. The second-order valence-corrected chi connectivity index (χ2v) is 18.9. The van der Waals surface area contributed by atoms with E-state index in [1.165, 1.54) is 161 Å². The summed E-state index contributed by atoms with van der Waals surface area (Å²) in [6.07, 6.45) is 40.0. The van der Waals surface area contributed by atoms with Gasteiger partial charge in [-0.15, -0.1) is 0 Å². The summed E-state index contributed by atoms with van der Waals surface area (Å²) in [6, 6.07) is -0.824. The van der Waals surface area contributed by atoms with Crippen molar-refractivity contribution in [2.75, 3.05) is 33.5 Å². The summed E-state index contributed by atoms with van der Waals surface area (Å²) in [7, 11) is -2.93. The minimum absolute atomic E-state index is 0.00159. The molecule has 0 saturated heterocycles. The van der Waals surface area contributed by atoms with Crippen molar-refractivity contribution in [1.82, 2.24) is 15.3 Å². The monoisotopic (exact) mass is 899 g/mol. The average molecular weight is 899 g/mol. The van der Waals surface area contributed by atoms with Gasteiger partial charge >= 0.3 is 19.8 Å². The van der Waals surface area contributed by atoms with E-state index in [1.54, 1.807) is 6.20 Å². The number of phosphoric acid groups is 1. The van der Waals surface area contributed by atoms with Crippen LogP contribution in [0, 0.1) is 0 Å². The molecule has 3 unspecified atom stereocenters. The number of hydrogen-bond donors (Lipinski definition) is 3. The van der Waals surface area contributed by atoms with Gasteiger partial charge in [0.15, 0.2) is 6.10 Å². The molecule has 3 atom stereocenters. The van der Waals surface area contributed by atoms with E-state index in [1.807, 2.05) is 0 Å². The van der Waals surface area contributed by atoms with Crippen LogP contribution >= 0.6 is 7.82 Å². The molecule has 1 aromatic rings. The second-order valence-electron chi connectivity index (χ2n) is 17.1. The van der Waals surface area contributed by atoms with Crippen LogP contribution in [0.5, 0.6) is 0 Å². The Morgan fingerprint density at radius 2 is 1.08 bits per heavy atom. The molecule has 0 aliphatic carbocycles. The lowest BCUT2D eigenvalue weighted by Gasteiger charge is -2.21. The number of nitrogens with zero attached hydrogens (tertiary/aromatic N) is 1. The maximum absolute atomic E-state index is 13.2. The quantitative estimate of drug-likeness (QED) is 0.0322. The average Bonchev–Trinajstić information content (AvgIpc) is 3.79. The fourth-order valence-electron chi connectivity index (χ4n) is 7.40. The molecule has 0 aliphatic heterocycles. The number of unbranched alkanes of at least 4 members (excludes halogenated alkanes) is 28. The summed E-state index contributed by atoms with van der Waals surface area (Å²) < 4.78 is 40.4. The number of ether oxygens (including phenoxy) is 2. The lowest BCUT2D eigenvalue weighted by atomic mass is 10.0. The number of carbonyl (C=O) groups excluding carboxylic acids is 3. The standard InChI is InChI=1S/C48H91N4O9P/c1-4-6-8-10-12-14-16-18-20-22-24-26-28-30-32-34-46(53)58-40-44(61-47(54)35-33-31-29-27-25-23-21-19-17-15-13-11-9-7-5-2)41-60-62(56,57-3)59-37-36-51-48(55)45(49)38-43-39-50-42-52-43/h39,42,44-45H,4-38,40-41,49H2,1-3H3,(H,50,52)(H,51,55). The van der Waals surface area contributed by atoms with Crippen LogP contribution in [0.15, 0.2) is 12.5 Å². The van der Waals surface area contributed by atoms with Crippen molar-refractivity contribution in [1.29, 1.82) is 0 Å². The zero-order valence-corrected chi connectivity index (χ0v) is 40.5. The van der Waals surface area contributed by atoms with Crippen LogP contribution in [0.2, 0.25) is 0 Å². The first-order valence-electron chi connectivity index (χ1n) is 25.0. The first kappa shape index (κ1) is 57.7. The van der Waals surface area contributed by atoms with Gasteiger partial charge in [0.1, 0.15) is 6.61 Å². The van der Waals surface area contributed by atoms with Gasteiger partial charge in [-0.25, -0.2) is 9.55 Å². The Morgan fingerprint density at radius 1 is 0.645 bits per heavy atom. The third-order valence-electron chi connectivity index (χ3n) is 11.3. The molecule has 0 fully saturated rings. The highest BCUT2D eigenvalue weighted by Gasteiger charge is 2.29. The predicted octanol–water partition coefficient (Wildman–Crippen LogP) is 12.2. The number of esters is 2. The molecule has 13 nitrogen and oxygen atoms in total. The van der Waals surface area contributed by atoms with Crippen molar-refractivity contribution in [3.63, 3.8) is 0 Å². The van der Waals surface area contributed by atoms with Gasteiger partial charge in [0.2, 0.25) is 5.91 Å². The molecule has 1 amide bonds. The number of nitrogens with two attached hydrogens (primary N) is 1. The topological polar surface area (TPSA) is 181 Å². The van der Waals surface area contributed by atoms with Crippen molar-refractivity contribution < 1.29 is 42.0 Å². The number of nitrogens with one attached hydrogen (secondary N) is 2. The van der Waals surface area contributed by atoms with Gasteiger partial charge in [0.25, 0.3) is 0 Å². The van der Waals surface area contributed by atoms with Crippen LogP contribution < -0.4 is 11.1 Å². The Morgan fingerprint density at radius 3 is 1.50 bits per heavy atom. The molecule has 1 rings (SSSR count). The molecule has 0 bridgehead atoms. The van der Waals surface area contributed by atoms with Crippen molar-refractivity contribution in [2.24, 2.45) is 5.73 Å². The SMILES string of the molecule is CCCCCCCCCCCCCCCCCC(=O)OCC(COP(=O)(OC)OCCNC(=O)C(N)Cc1c[nH]cn1)OC(=O)CCCCCCCCCCCCCCCCC. The number of aromatic amines is 1. The van der Waals surface area contributed by atoms with E-state index in [0.717, 1.165) is 38.5 Å². The van der Waals surface area contributed by atoms with Gasteiger partial charge < -0.3 is 25.5 Å². The highest BCUT2D eigenvalue weighted by molar-refractivity contribution is 7.48. The summed E-state index contributed by atoms with van der Waals surface area (Å²) in [5, 5.41) is 2.63. The van der Waals surface area contributed by atoms with Crippen LogP contribution in [0.25, 0.3) is 0 Å². The summed E-state index contributed by atoms with van der Waals surface area (Å²) in [6.45, 7) is 3.71. The highest BCUT2D eigenvalue weighted by Crippen LogP contribution is 2.48. The third kappa shape index (κ3) is 35.1. The molecule has 0 saturated carbocycles. The minimum Gasteiger partial charge on any atom is -0.462 e. The number of phosphoric ester groups is 1. The molecule has 0 aliphatic rings. The number of imidazole rings is 1. The van der Waals surface area contributed by atoms with Crippen molar-refractivity contribution in [3.05, 3.63) is 18.2 Å². The van der Waals surface area contributed by atoms with E-state index in [-0.39, 0.29) is 51.6 Å². The molecule has 62 heavy (non-hydrogen) atoms. The van der Waals surface area contributed by atoms with E-state index in [9.17, 15) is 18.9 Å². The first-order chi connectivity index (χ1) is 30.2. The van der Waals surface area contributed by atoms with Crippen LogP contribution in [-0.4, -0.2) is 73.4 Å². The lowest BCUT2D eigenvalue weighted by Crippen LogP contribution is -2.43. The first-order valence-corrected chi connectivity index (χ1v) is 26.5. The van der Waals surface area contributed by atoms with Crippen LogP contribution in [-0.2, 0) is 48.4 Å². The van der Waals surface area contributed by atoms with Gasteiger partial charge in [-0.2, -0.15) is 0 Å². The molecule has 4 N–H and O–H groups in total. The number of rotatable bonds is 46. The molecule has 1 aromatic heterocycles. The number of hydrogen-bond acceptors (Lipinski definition) is 11. The van der Waals surface area contributed by atoms with E-state index in [0.29, 0.717) is 12.1 Å². The van der Waals surface area contributed by atoms with Gasteiger partial charge in [-0.1, -0.05) is 194 Å². The number of aromatic nitrogens is 2. The molecule has 0 aromatic carbocycles. The van der Waals surface area contributed by atoms with Gasteiger partial charge in [-0.3, -0.25) is 28.0 Å². The second kappa shape index (κ2) is 41.4. The van der Waals surface area contributed by atoms with Gasteiger partial charge in [0.05, 0.1) is 31.3 Å². The summed E-state index contributed by atoms with van der Waals surface area (Å²) >= 11 is 0. The zero-order chi connectivity index (χ0) is 45.2. The Labute approximate surface area is 377 Å². The van der Waals surface area contributed by atoms with Crippen LogP contribution in [0.3, 0.4) is 0 Å². The maximum Gasteiger partial charge on any atom is 0.474 e. The molecule has 362 valence electrons. The smallest absolute Gasteiger partial charge is 0.462 e. The maximum atomic E-state index is 13.2. The molecule has 1 heterocycles.